The van der Waals surface area contributed by atoms with Crippen molar-refractivity contribution >= 4 is 28.5 Å². The largest absolute Gasteiger partial charge is 0.354 e. The number of anilines is 1. The molecule has 0 aliphatic carbocycles. The highest BCUT2D eigenvalue weighted by Gasteiger charge is 2.33. The van der Waals surface area contributed by atoms with Crippen molar-refractivity contribution in [3.63, 3.8) is 0 Å². The Morgan fingerprint density at radius 3 is 2.25 bits per heavy atom. The molecule has 3 aromatic carbocycles. The molecular formula is C27H27F2N5O2. The summed E-state index contributed by atoms with van der Waals surface area (Å²) in [4.78, 5) is 28.6. The quantitative estimate of drug-likeness (QED) is 0.370. The normalized spacial score (nSPS) is 12.0. The molecule has 0 saturated heterocycles. The second kappa shape index (κ2) is 11.1. The predicted octanol–water partition coefficient (Wildman–Crippen LogP) is 4.65. The molecule has 1 N–H and O–H groups in total. The topological polar surface area (TPSA) is 80.1 Å². The first-order valence-corrected chi connectivity index (χ1v) is 11.7. The van der Waals surface area contributed by atoms with E-state index in [1.54, 1.807) is 12.1 Å². The Hall–Kier alpha value is -4.14. The summed E-state index contributed by atoms with van der Waals surface area (Å²) in [6, 6.07) is 16.8. The third-order valence-corrected chi connectivity index (χ3v) is 5.79. The van der Waals surface area contributed by atoms with Gasteiger partial charge in [0.15, 0.2) is 0 Å². The van der Waals surface area contributed by atoms with E-state index >= 15 is 0 Å². The molecule has 9 heteroatoms. The van der Waals surface area contributed by atoms with Gasteiger partial charge in [0.1, 0.15) is 29.7 Å². The fraction of sp³-hybridized carbons (Fsp3) is 0.259. The number of carbonyl (C=O) groups excluding carboxylic acids is 2. The summed E-state index contributed by atoms with van der Waals surface area (Å²) in [5.41, 5.74) is 2.02. The molecular weight excluding hydrogens is 464 g/mol. The molecule has 186 valence electrons. The van der Waals surface area contributed by atoms with Crippen LogP contribution in [0.1, 0.15) is 31.9 Å². The van der Waals surface area contributed by atoms with Gasteiger partial charge in [0.25, 0.3) is 0 Å². The lowest BCUT2D eigenvalue weighted by atomic mass is 10.0. The number of hydrogen-bond acceptors (Lipinski definition) is 4. The zero-order valence-electron chi connectivity index (χ0n) is 20.1. The van der Waals surface area contributed by atoms with Crippen LogP contribution in [-0.4, -0.2) is 33.4 Å². The molecule has 1 atom stereocenters. The minimum Gasteiger partial charge on any atom is -0.354 e. The van der Waals surface area contributed by atoms with E-state index in [0.29, 0.717) is 34.7 Å². The zero-order valence-corrected chi connectivity index (χ0v) is 20.1. The molecule has 0 spiro atoms. The number of fused-ring (bicyclic) bond motifs is 1. The van der Waals surface area contributed by atoms with E-state index in [4.69, 9.17) is 0 Å². The van der Waals surface area contributed by atoms with Crippen molar-refractivity contribution in [2.75, 3.05) is 11.4 Å². The van der Waals surface area contributed by atoms with Crippen LogP contribution in [0.2, 0.25) is 0 Å². The first-order chi connectivity index (χ1) is 17.3. The van der Waals surface area contributed by atoms with Crippen molar-refractivity contribution in [2.45, 2.75) is 32.9 Å². The van der Waals surface area contributed by atoms with Gasteiger partial charge >= 0.3 is 0 Å². The molecule has 0 bridgehead atoms. The van der Waals surface area contributed by atoms with Gasteiger partial charge in [0.05, 0.1) is 5.52 Å². The monoisotopic (exact) mass is 491 g/mol. The fourth-order valence-electron chi connectivity index (χ4n) is 3.92. The average Bonchev–Trinajstić information content (AvgIpc) is 3.26. The van der Waals surface area contributed by atoms with Crippen LogP contribution in [0.4, 0.5) is 14.5 Å². The van der Waals surface area contributed by atoms with Gasteiger partial charge in [-0.3, -0.25) is 14.5 Å². The Morgan fingerprint density at radius 1 is 0.944 bits per heavy atom. The number of nitrogens with zero attached hydrogens (tertiary/aromatic N) is 4. The number of para-hydroxylation sites is 1. The van der Waals surface area contributed by atoms with Gasteiger partial charge in [-0.05, 0) is 66.4 Å². The molecule has 0 aliphatic heterocycles. The minimum atomic E-state index is -1.12. The van der Waals surface area contributed by atoms with Crippen LogP contribution in [-0.2, 0) is 16.1 Å². The summed E-state index contributed by atoms with van der Waals surface area (Å²) in [5, 5.41) is 11.1. The van der Waals surface area contributed by atoms with Crippen molar-refractivity contribution in [2.24, 2.45) is 5.92 Å². The number of nitrogens with one attached hydrogen (secondary N) is 1. The maximum Gasteiger partial charge on any atom is 0.249 e. The maximum atomic E-state index is 13.8. The third kappa shape index (κ3) is 5.73. The minimum absolute atomic E-state index is 0.213. The van der Waals surface area contributed by atoms with Crippen LogP contribution >= 0.6 is 0 Å². The molecule has 7 nitrogen and oxygen atoms in total. The van der Waals surface area contributed by atoms with Gasteiger partial charge in [-0.1, -0.05) is 43.3 Å². The molecule has 0 fully saturated rings. The molecule has 0 saturated carbocycles. The number of carbonyl (C=O) groups is 2. The summed E-state index contributed by atoms with van der Waals surface area (Å²) in [6.07, 6.45) is 0.747. The summed E-state index contributed by atoms with van der Waals surface area (Å²) < 4.78 is 28.9. The molecule has 0 aliphatic rings. The second-order valence-corrected chi connectivity index (χ2v) is 8.90. The molecule has 4 rings (SSSR count). The Bertz CT molecular complexity index is 1340. The van der Waals surface area contributed by atoms with Crippen LogP contribution in [0.15, 0.2) is 72.8 Å². The van der Waals surface area contributed by atoms with Crippen molar-refractivity contribution in [3.05, 3.63) is 90.0 Å². The summed E-state index contributed by atoms with van der Waals surface area (Å²) in [5.74, 6) is -1.47. The van der Waals surface area contributed by atoms with Gasteiger partial charge in [-0.15, -0.1) is 5.10 Å². The molecule has 36 heavy (non-hydrogen) atoms. The van der Waals surface area contributed by atoms with Crippen molar-refractivity contribution in [1.29, 1.82) is 0 Å². The fourth-order valence-corrected chi connectivity index (χ4v) is 3.92. The standard InChI is InChI=1S/C27H27F2N5O2/c1-18(2)15-16-30-27(36)26(19-7-9-20(28)10-8-19)34(22-13-11-21(29)12-14-22)25(35)17-33-24-6-4-3-5-23(24)31-32-33/h3-14,18,26H,15-17H2,1-2H3,(H,30,36). The van der Waals surface area contributed by atoms with Gasteiger partial charge < -0.3 is 5.32 Å². The van der Waals surface area contributed by atoms with Gasteiger partial charge in [-0.25, -0.2) is 13.5 Å². The number of rotatable bonds is 9. The van der Waals surface area contributed by atoms with E-state index < -0.39 is 29.5 Å². The Morgan fingerprint density at radius 2 is 1.58 bits per heavy atom. The summed E-state index contributed by atoms with van der Waals surface area (Å²) >= 11 is 0. The molecule has 4 aromatic rings. The van der Waals surface area contributed by atoms with E-state index in [1.165, 1.54) is 58.1 Å². The Kier molecular flexibility index (Phi) is 7.68. The van der Waals surface area contributed by atoms with Crippen molar-refractivity contribution < 1.29 is 18.4 Å². The Balaban J connectivity index is 1.75. The third-order valence-electron chi connectivity index (χ3n) is 5.79. The van der Waals surface area contributed by atoms with E-state index in [0.717, 1.165) is 6.42 Å². The van der Waals surface area contributed by atoms with E-state index in [1.807, 2.05) is 26.0 Å². The lowest BCUT2D eigenvalue weighted by Crippen LogP contribution is -2.45. The second-order valence-electron chi connectivity index (χ2n) is 8.90. The smallest absolute Gasteiger partial charge is 0.249 e. The van der Waals surface area contributed by atoms with Crippen LogP contribution < -0.4 is 10.2 Å². The number of benzene rings is 3. The van der Waals surface area contributed by atoms with Crippen molar-refractivity contribution in [3.8, 4) is 0 Å². The lowest BCUT2D eigenvalue weighted by molar-refractivity contribution is -0.127. The van der Waals surface area contributed by atoms with Crippen LogP contribution in [0.5, 0.6) is 0 Å². The van der Waals surface area contributed by atoms with E-state index in [-0.39, 0.29) is 6.54 Å². The van der Waals surface area contributed by atoms with Crippen LogP contribution in [0.25, 0.3) is 11.0 Å². The number of halogens is 2. The highest BCUT2D eigenvalue weighted by atomic mass is 19.1. The summed E-state index contributed by atoms with van der Waals surface area (Å²) in [6.45, 7) is 4.28. The molecule has 0 radical (unpaired) electrons. The van der Waals surface area contributed by atoms with Gasteiger partial charge in [0.2, 0.25) is 11.8 Å². The Labute approximate surface area is 207 Å². The first-order valence-electron chi connectivity index (χ1n) is 11.7. The molecule has 1 unspecified atom stereocenters. The highest BCUT2D eigenvalue weighted by Crippen LogP contribution is 2.29. The highest BCUT2D eigenvalue weighted by molar-refractivity contribution is 6.01. The van der Waals surface area contributed by atoms with E-state index in [2.05, 4.69) is 15.6 Å². The van der Waals surface area contributed by atoms with Gasteiger partial charge in [0, 0.05) is 12.2 Å². The van der Waals surface area contributed by atoms with Crippen molar-refractivity contribution in [1.82, 2.24) is 20.3 Å². The van der Waals surface area contributed by atoms with Crippen LogP contribution in [0.3, 0.4) is 0 Å². The van der Waals surface area contributed by atoms with Gasteiger partial charge in [-0.2, -0.15) is 0 Å². The first kappa shape index (κ1) is 25.0. The number of amides is 2. The van der Waals surface area contributed by atoms with Crippen LogP contribution in [0, 0.1) is 17.6 Å². The average molecular weight is 492 g/mol. The summed E-state index contributed by atoms with van der Waals surface area (Å²) in [7, 11) is 0. The number of hydrogen-bond donors (Lipinski definition) is 1. The van der Waals surface area contributed by atoms with E-state index in [9.17, 15) is 18.4 Å². The SMILES string of the molecule is CC(C)CCNC(=O)C(c1ccc(F)cc1)N(C(=O)Cn1nnc2ccccc21)c1ccc(F)cc1. The molecule has 1 aromatic heterocycles. The number of aromatic nitrogens is 3. The zero-order chi connectivity index (χ0) is 25.7. The molecule has 2 amide bonds. The maximum absolute atomic E-state index is 13.8. The lowest BCUT2D eigenvalue weighted by Gasteiger charge is -2.31. The molecule has 1 heterocycles. The predicted molar refractivity (Wildman–Crippen MR) is 133 cm³/mol.